The first-order chi connectivity index (χ1) is 9.16. The first kappa shape index (κ1) is 13.6. The van der Waals surface area contributed by atoms with Gasteiger partial charge in [-0.05, 0) is 52.4 Å². The van der Waals surface area contributed by atoms with Crippen LogP contribution in [0.4, 0.5) is 0 Å². The van der Waals surface area contributed by atoms with E-state index in [1.165, 1.54) is 28.8 Å². The fourth-order valence-electron chi connectivity index (χ4n) is 2.89. The lowest BCUT2D eigenvalue weighted by Gasteiger charge is -2.29. The molecular formula is C15H15BrClNS. The van der Waals surface area contributed by atoms with Crippen LogP contribution in [0.25, 0.3) is 0 Å². The molecule has 0 radical (unpaired) electrons. The van der Waals surface area contributed by atoms with E-state index in [1.54, 1.807) is 11.3 Å². The van der Waals surface area contributed by atoms with Gasteiger partial charge >= 0.3 is 0 Å². The molecule has 3 rings (SSSR count). The van der Waals surface area contributed by atoms with Gasteiger partial charge in [-0.15, -0.1) is 11.3 Å². The lowest BCUT2D eigenvalue weighted by Crippen LogP contribution is -2.22. The highest BCUT2D eigenvalue weighted by Crippen LogP contribution is 2.43. The average molecular weight is 357 g/mol. The van der Waals surface area contributed by atoms with Crippen LogP contribution in [0, 0.1) is 0 Å². The zero-order valence-electron chi connectivity index (χ0n) is 10.4. The molecule has 0 saturated heterocycles. The summed E-state index contributed by atoms with van der Waals surface area (Å²) in [6.07, 6.45) is 3.55. The highest BCUT2D eigenvalue weighted by atomic mass is 79.9. The van der Waals surface area contributed by atoms with Crippen molar-refractivity contribution in [1.82, 2.24) is 0 Å². The summed E-state index contributed by atoms with van der Waals surface area (Å²) in [4.78, 5) is 1.17. The van der Waals surface area contributed by atoms with Crippen molar-refractivity contribution in [2.24, 2.45) is 5.73 Å². The van der Waals surface area contributed by atoms with E-state index < -0.39 is 0 Å². The van der Waals surface area contributed by atoms with Gasteiger partial charge in [-0.25, -0.2) is 0 Å². The minimum Gasteiger partial charge on any atom is -0.323 e. The maximum Gasteiger partial charge on any atom is 0.107 e. The van der Waals surface area contributed by atoms with Gasteiger partial charge in [0.25, 0.3) is 0 Å². The Hall–Kier alpha value is -0.350. The molecule has 2 atom stereocenters. The van der Waals surface area contributed by atoms with Crippen molar-refractivity contribution < 1.29 is 0 Å². The summed E-state index contributed by atoms with van der Waals surface area (Å²) >= 11 is 11.2. The molecule has 19 heavy (non-hydrogen) atoms. The third-order valence-electron chi connectivity index (χ3n) is 3.84. The summed E-state index contributed by atoms with van der Waals surface area (Å²) in [5, 5.41) is 0. The van der Waals surface area contributed by atoms with Gasteiger partial charge in [0.05, 0.1) is 0 Å². The molecule has 0 amide bonds. The van der Waals surface area contributed by atoms with Crippen molar-refractivity contribution in [1.29, 1.82) is 0 Å². The first-order valence-electron chi connectivity index (χ1n) is 6.45. The molecule has 2 aromatic rings. The molecule has 0 spiro atoms. The predicted octanol–water partition coefficient (Wildman–Crippen LogP) is 5.28. The maximum absolute atomic E-state index is 6.50. The van der Waals surface area contributed by atoms with Gasteiger partial charge in [0.1, 0.15) is 4.34 Å². The van der Waals surface area contributed by atoms with Crippen LogP contribution >= 0.6 is 38.9 Å². The fourth-order valence-corrected chi connectivity index (χ4v) is 4.69. The number of aryl methyl sites for hydroxylation is 1. The molecule has 1 aromatic heterocycles. The third-order valence-corrected chi connectivity index (χ3v) is 6.42. The minimum atomic E-state index is 0.0373. The SMILES string of the molecule is NC(c1cc(Br)c(Cl)s1)C1CCCc2ccccc21. The van der Waals surface area contributed by atoms with Gasteiger partial charge in [-0.1, -0.05) is 35.9 Å². The zero-order chi connectivity index (χ0) is 13.4. The quantitative estimate of drug-likeness (QED) is 0.778. The lowest BCUT2D eigenvalue weighted by atomic mass is 9.78. The Kier molecular flexibility index (Phi) is 3.99. The largest absolute Gasteiger partial charge is 0.323 e. The van der Waals surface area contributed by atoms with Crippen molar-refractivity contribution in [2.75, 3.05) is 0 Å². The molecule has 1 aromatic carbocycles. The number of rotatable bonds is 2. The van der Waals surface area contributed by atoms with Crippen molar-refractivity contribution in [2.45, 2.75) is 31.2 Å². The Bertz CT molecular complexity index is 576. The van der Waals surface area contributed by atoms with Gasteiger partial charge in [0.2, 0.25) is 0 Å². The Morgan fingerprint density at radius 2 is 2.16 bits per heavy atom. The van der Waals surface area contributed by atoms with Gasteiger partial charge in [-0.3, -0.25) is 0 Å². The first-order valence-corrected chi connectivity index (χ1v) is 8.43. The molecule has 100 valence electrons. The van der Waals surface area contributed by atoms with Crippen LogP contribution in [0.2, 0.25) is 4.34 Å². The summed E-state index contributed by atoms with van der Waals surface area (Å²) in [5.41, 5.74) is 9.37. The predicted molar refractivity (Wildman–Crippen MR) is 86.1 cm³/mol. The molecule has 2 unspecified atom stereocenters. The van der Waals surface area contributed by atoms with Crippen LogP contribution in [-0.4, -0.2) is 0 Å². The van der Waals surface area contributed by atoms with E-state index in [2.05, 4.69) is 46.3 Å². The van der Waals surface area contributed by atoms with Gasteiger partial charge in [0.15, 0.2) is 0 Å². The monoisotopic (exact) mass is 355 g/mol. The summed E-state index contributed by atoms with van der Waals surface area (Å²) in [6, 6.07) is 10.8. The van der Waals surface area contributed by atoms with Crippen LogP contribution in [0.5, 0.6) is 0 Å². The van der Waals surface area contributed by atoms with Crippen molar-refractivity contribution >= 4 is 38.9 Å². The molecule has 0 saturated carbocycles. The fraction of sp³-hybridized carbons (Fsp3) is 0.333. The van der Waals surface area contributed by atoms with Crippen LogP contribution < -0.4 is 5.73 Å². The van der Waals surface area contributed by atoms with Gasteiger partial charge in [-0.2, -0.15) is 0 Å². The molecule has 1 nitrogen and oxygen atoms in total. The second-order valence-corrected chi connectivity index (χ2v) is 7.53. The molecule has 0 bridgehead atoms. The molecule has 4 heteroatoms. The molecule has 1 aliphatic carbocycles. The zero-order valence-corrected chi connectivity index (χ0v) is 13.6. The average Bonchev–Trinajstić information content (AvgIpc) is 2.77. The van der Waals surface area contributed by atoms with Gasteiger partial charge < -0.3 is 5.73 Å². The molecule has 2 N–H and O–H groups in total. The number of halogens is 2. The van der Waals surface area contributed by atoms with E-state index in [4.69, 9.17) is 17.3 Å². The Labute approximate surface area is 130 Å². The van der Waals surface area contributed by atoms with Gasteiger partial charge in [0, 0.05) is 21.3 Å². The van der Waals surface area contributed by atoms with Crippen LogP contribution in [-0.2, 0) is 6.42 Å². The van der Waals surface area contributed by atoms with Crippen molar-refractivity contribution in [3.63, 3.8) is 0 Å². The summed E-state index contributed by atoms with van der Waals surface area (Å²) < 4.78 is 1.74. The number of hydrogen-bond acceptors (Lipinski definition) is 2. The van der Waals surface area contributed by atoms with Crippen LogP contribution in [0.3, 0.4) is 0 Å². The van der Waals surface area contributed by atoms with Crippen LogP contribution in [0.15, 0.2) is 34.8 Å². The molecular weight excluding hydrogens is 342 g/mol. The number of hydrogen-bond donors (Lipinski definition) is 1. The summed E-state index contributed by atoms with van der Waals surface area (Å²) in [7, 11) is 0. The molecule has 0 aliphatic heterocycles. The molecule has 0 fully saturated rings. The normalized spacial score (nSPS) is 20.1. The summed E-state index contributed by atoms with van der Waals surface area (Å²) in [5.74, 6) is 0.409. The highest BCUT2D eigenvalue weighted by Gasteiger charge is 2.27. The minimum absolute atomic E-state index is 0.0373. The second kappa shape index (κ2) is 5.57. The highest BCUT2D eigenvalue weighted by molar-refractivity contribution is 9.10. The number of nitrogens with two attached hydrogens (primary N) is 1. The van der Waals surface area contributed by atoms with Crippen molar-refractivity contribution in [3.05, 3.63) is 55.1 Å². The van der Waals surface area contributed by atoms with E-state index in [9.17, 15) is 0 Å². The number of thiophene rings is 1. The smallest absolute Gasteiger partial charge is 0.107 e. The topological polar surface area (TPSA) is 26.0 Å². The van der Waals surface area contributed by atoms with E-state index in [1.807, 2.05) is 0 Å². The second-order valence-electron chi connectivity index (χ2n) is 4.99. The van der Waals surface area contributed by atoms with E-state index in [0.717, 1.165) is 15.2 Å². The summed E-state index contributed by atoms with van der Waals surface area (Å²) in [6.45, 7) is 0. The Morgan fingerprint density at radius 3 is 2.89 bits per heavy atom. The number of benzene rings is 1. The standard InChI is InChI=1S/C15H15BrClNS/c16-12-8-13(19-15(12)17)14(18)11-7-3-5-9-4-1-2-6-10(9)11/h1-2,4,6,8,11,14H,3,5,7,18H2. The lowest BCUT2D eigenvalue weighted by molar-refractivity contribution is 0.479. The maximum atomic E-state index is 6.50. The van der Waals surface area contributed by atoms with E-state index >= 15 is 0 Å². The Balaban J connectivity index is 1.95. The molecule has 1 heterocycles. The van der Waals surface area contributed by atoms with Crippen LogP contribution in [0.1, 0.15) is 40.8 Å². The van der Waals surface area contributed by atoms with Crippen molar-refractivity contribution in [3.8, 4) is 0 Å². The van der Waals surface area contributed by atoms with E-state index in [-0.39, 0.29) is 6.04 Å². The molecule has 1 aliphatic rings. The third kappa shape index (κ3) is 2.62. The number of fused-ring (bicyclic) bond motifs is 1. The Morgan fingerprint density at radius 1 is 1.37 bits per heavy atom. The van der Waals surface area contributed by atoms with E-state index in [0.29, 0.717) is 5.92 Å².